The van der Waals surface area contributed by atoms with E-state index in [1.54, 1.807) is 0 Å². The normalized spacial score (nSPS) is 11.4. The first-order valence-corrected chi connectivity index (χ1v) is 15.3. The van der Waals surface area contributed by atoms with Crippen molar-refractivity contribution in [1.29, 1.82) is 0 Å². The molecule has 8 rings (SSSR count). The molecule has 44 heavy (non-hydrogen) atoms. The second kappa shape index (κ2) is 10.7. The fourth-order valence-electron chi connectivity index (χ4n) is 6.84. The molecule has 0 amide bonds. The summed E-state index contributed by atoms with van der Waals surface area (Å²) in [5, 5.41) is 7.60. The third-order valence-corrected chi connectivity index (χ3v) is 8.87. The van der Waals surface area contributed by atoms with Gasteiger partial charge in [-0.2, -0.15) is 0 Å². The largest absolute Gasteiger partial charge is 0.0622 e. The lowest BCUT2D eigenvalue weighted by Crippen LogP contribution is -1.90. The van der Waals surface area contributed by atoms with Crippen LogP contribution in [0.15, 0.2) is 158 Å². The van der Waals surface area contributed by atoms with Crippen LogP contribution in [0.5, 0.6) is 0 Å². The molecule has 208 valence electrons. The molecule has 0 spiro atoms. The van der Waals surface area contributed by atoms with Gasteiger partial charge < -0.3 is 0 Å². The number of rotatable bonds is 4. The molecular formula is C44H32. The maximum atomic E-state index is 2.41. The molecule has 0 atom stereocenters. The maximum Gasteiger partial charge on any atom is -0.00928 e. The molecule has 0 aromatic heterocycles. The highest BCUT2D eigenvalue weighted by atomic mass is 14.2. The average Bonchev–Trinajstić information content (AvgIpc) is 3.07. The van der Waals surface area contributed by atoms with Crippen molar-refractivity contribution in [2.75, 3.05) is 0 Å². The highest BCUT2D eigenvalue weighted by Gasteiger charge is 2.15. The van der Waals surface area contributed by atoms with Gasteiger partial charge in [0, 0.05) is 0 Å². The molecule has 0 aliphatic heterocycles. The van der Waals surface area contributed by atoms with Crippen molar-refractivity contribution in [2.45, 2.75) is 13.8 Å². The van der Waals surface area contributed by atoms with Gasteiger partial charge in [-0.1, -0.05) is 139 Å². The van der Waals surface area contributed by atoms with Crippen LogP contribution in [0, 0.1) is 13.8 Å². The van der Waals surface area contributed by atoms with Crippen molar-refractivity contribution >= 4 is 32.3 Å². The fourth-order valence-corrected chi connectivity index (χ4v) is 6.84. The van der Waals surface area contributed by atoms with Crippen LogP contribution in [-0.2, 0) is 0 Å². The standard InChI is InChI=1S/C44H32/c1-29-21-30(2)23-37(22-29)35-17-19-39-38(24-35)28-42(32-13-7-4-8-14-32)44-27-36(18-20-40(39)44)43-26-34-16-10-9-15-33(34)25-41(43)31-11-5-3-6-12-31/h3-28H,1-2H3. The van der Waals surface area contributed by atoms with Crippen LogP contribution in [-0.4, -0.2) is 0 Å². The van der Waals surface area contributed by atoms with E-state index in [1.165, 1.54) is 88.0 Å². The Hall–Kier alpha value is -5.46. The van der Waals surface area contributed by atoms with Crippen molar-refractivity contribution in [3.05, 3.63) is 169 Å². The topological polar surface area (TPSA) is 0 Å². The van der Waals surface area contributed by atoms with E-state index in [2.05, 4.69) is 172 Å². The zero-order chi connectivity index (χ0) is 29.6. The van der Waals surface area contributed by atoms with Gasteiger partial charge in [-0.25, -0.2) is 0 Å². The molecule has 0 N–H and O–H groups in total. The number of hydrogen-bond donors (Lipinski definition) is 0. The first-order chi connectivity index (χ1) is 21.6. The molecular weight excluding hydrogens is 528 g/mol. The van der Waals surface area contributed by atoms with Gasteiger partial charge in [0.05, 0.1) is 0 Å². The number of hydrogen-bond acceptors (Lipinski definition) is 0. The summed E-state index contributed by atoms with van der Waals surface area (Å²) >= 11 is 0. The molecule has 0 aliphatic rings. The minimum Gasteiger partial charge on any atom is -0.0622 e. The minimum absolute atomic E-state index is 1.23. The summed E-state index contributed by atoms with van der Waals surface area (Å²) in [6.07, 6.45) is 0. The number of benzene rings is 8. The number of aryl methyl sites for hydroxylation is 2. The van der Waals surface area contributed by atoms with Gasteiger partial charge in [0.2, 0.25) is 0 Å². The highest BCUT2D eigenvalue weighted by molar-refractivity contribution is 6.15. The van der Waals surface area contributed by atoms with Crippen molar-refractivity contribution < 1.29 is 0 Å². The van der Waals surface area contributed by atoms with E-state index >= 15 is 0 Å². The van der Waals surface area contributed by atoms with E-state index in [0.29, 0.717) is 0 Å². The third kappa shape index (κ3) is 4.66. The summed E-state index contributed by atoms with van der Waals surface area (Å²) in [4.78, 5) is 0. The molecule has 0 saturated carbocycles. The third-order valence-electron chi connectivity index (χ3n) is 8.87. The van der Waals surface area contributed by atoms with Gasteiger partial charge in [0.1, 0.15) is 0 Å². The minimum atomic E-state index is 1.23. The van der Waals surface area contributed by atoms with E-state index in [-0.39, 0.29) is 0 Å². The lowest BCUT2D eigenvalue weighted by atomic mass is 9.87. The zero-order valence-electron chi connectivity index (χ0n) is 25.0. The van der Waals surface area contributed by atoms with E-state index in [4.69, 9.17) is 0 Å². The van der Waals surface area contributed by atoms with Gasteiger partial charge in [0.25, 0.3) is 0 Å². The van der Waals surface area contributed by atoms with E-state index in [1.807, 2.05) is 0 Å². The Morgan fingerprint density at radius 3 is 1.45 bits per heavy atom. The van der Waals surface area contributed by atoms with Gasteiger partial charge in [-0.3, -0.25) is 0 Å². The summed E-state index contributed by atoms with van der Waals surface area (Å²) in [6.45, 7) is 4.35. The Bertz CT molecular complexity index is 2310. The lowest BCUT2D eigenvalue weighted by molar-refractivity contribution is 1.38. The summed E-state index contributed by atoms with van der Waals surface area (Å²) < 4.78 is 0. The molecule has 8 aromatic carbocycles. The van der Waals surface area contributed by atoms with Crippen molar-refractivity contribution in [3.8, 4) is 44.5 Å². The Balaban J connectivity index is 1.39. The van der Waals surface area contributed by atoms with Gasteiger partial charge in [-0.05, 0) is 121 Å². The summed E-state index contributed by atoms with van der Waals surface area (Å²) in [5.74, 6) is 0. The molecule has 0 fully saturated rings. The van der Waals surface area contributed by atoms with E-state index < -0.39 is 0 Å². The van der Waals surface area contributed by atoms with Crippen LogP contribution in [0.4, 0.5) is 0 Å². The second-order valence-corrected chi connectivity index (χ2v) is 12.0. The van der Waals surface area contributed by atoms with Crippen LogP contribution in [0.25, 0.3) is 76.8 Å². The van der Waals surface area contributed by atoms with Gasteiger partial charge >= 0.3 is 0 Å². The lowest BCUT2D eigenvalue weighted by Gasteiger charge is -2.16. The summed E-state index contributed by atoms with van der Waals surface area (Å²) in [6, 6.07) is 58.2. The molecule has 0 radical (unpaired) electrons. The zero-order valence-corrected chi connectivity index (χ0v) is 25.0. The molecule has 0 saturated heterocycles. The Morgan fingerprint density at radius 2 is 0.795 bits per heavy atom. The van der Waals surface area contributed by atoms with Crippen molar-refractivity contribution in [1.82, 2.24) is 0 Å². The maximum absolute atomic E-state index is 2.41. The Morgan fingerprint density at radius 1 is 0.273 bits per heavy atom. The van der Waals surface area contributed by atoms with Crippen LogP contribution in [0.1, 0.15) is 11.1 Å². The first kappa shape index (κ1) is 26.2. The van der Waals surface area contributed by atoms with E-state index in [9.17, 15) is 0 Å². The Labute approximate surface area is 258 Å². The smallest absolute Gasteiger partial charge is 0.00928 e. The predicted octanol–water partition coefficient (Wildman–Crippen LogP) is 12.4. The average molecular weight is 561 g/mol. The quantitative estimate of drug-likeness (QED) is 0.188. The van der Waals surface area contributed by atoms with Gasteiger partial charge in [0.15, 0.2) is 0 Å². The predicted molar refractivity (Wildman–Crippen MR) is 190 cm³/mol. The van der Waals surface area contributed by atoms with Crippen LogP contribution < -0.4 is 0 Å². The summed E-state index contributed by atoms with van der Waals surface area (Å²) in [7, 11) is 0. The molecule has 0 aliphatic carbocycles. The highest BCUT2D eigenvalue weighted by Crippen LogP contribution is 2.41. The van der Waals surface area contributed by atoms with Crippen LogP contribution >= 0.6 is 0 Å². The first-order valence-electron chi connectivity index (χ1n) is 15.3. The van der Waals surface area contributed by atoms with Crippen molar-refractivity contribution in [2.24, 2.45) is 0 Å². The molecule has 0 unspecified atom stereocenters. The second-order valence-electron chi connectivity index (χ2n) is 12.0. The molecule has 8 aromatic rings. The van der Waals surface area contributed by atoms with Crippen molar-refractivity contribution in [3.63, 3.8) is 0 Å². The summed E-state index contributed by atoms with van der Waals surface area (Å²) in [5.41, 5.74) is 12.6. The molecule has 0 heteroatoms. The monoisotopic (exact) mass is 560 g/mol. The Kier molecular flexibility index (Phi) is 6.35. The van der Waals surface area contributed by atoms with Crippen LogP contribution in [0.2, 0.25) is 0 Å². The molecule has 0 bridgehead atoms. The van der Waals surface area contributed by atoms with E-state index in [0.717, 1.165) is 0 Å². The SMILES string of the molecule is Cc1cc(C)cc(-c2ccc3c(c2)cc(-c2ccccc2)c2cc(-c4cc5ccccc5cc4-c4ccccc4)ccc23)c1. The van der Waals surface area contributed by atoms with Crippen LogP contribution in [0.3, 0.4) is 0 Å². The van der Waals surface area contributed by atoms with Gasteiger partial charge in [-0.15, -0.1) is 0 Å². The molecule has 0 nitrogen and oxygen atoms in total. The molecule has 0 heterocycles. The fraction of sp³-hybridized carbons (Fsp3) is 0.0455. The number of fused-ring (bicyclic) bond motifs is 4.